The molecule has 3 heteroatoms. The number of hydrogen-bond acceptors (Lipinski definition) is 3. The summed E-state index contributed by atoms with van der Waals surface area (Å²) in [4.78, 5) is 9.56. The normalized spacial score (nSPS) is 15.6. The maximum absolute atomic E-state index is 9.56. The van der Waals surface area contributed by atoms with Crippen LogP contribution >= 0.6 is 0 Å². The van der Waals surface area contributed by atoms with Crippen LogP contribution in [0.5, 0.6) is 0 Å². The second-order valence-electron chi connectivity index (χ2n) is 1.63. The largest absolute Gasteiger partial charge is 0.288 e. The molecule has 9 heavy (non-hydrogen) atoms. The van der Waals surface area contributed by atoms with Crippen LogP contribution in [0, 0.1) is 0 Å². The van der Waals surface area contributed by atoms with Gasteiger partial charge in [-0.05, 0) is 0 Å². The van der Waals surface area contributed by atoms with Gasteiger partial charge in [0, 0.05) is 0 Å². The van der Waals surface area contributed by atoms with Crippen molar-refractivity contribution in [3.8, 4) is 0 Å². The highest BCUT2D eigenvalue weighted by Crippen LogP contribution is 1.97. The summed E-state index contributed by atoms with van der Waals surface area (Å²) in [6, 6.07) is 0.0754. The van der Waals surface area contributed by atoms with Crippen LogP contribution in [0.3, 0.4) is 0 Å². The van der Waals surface area contributed by atoms with Crippen molar-refractivity contribution < 1.29 is 4.79 Å². The zero-order valence-corrected chi connectivity index (χ0v) is 4.74. The van der Waals surface area contributed by atoms with Gasteiger partial charge in [0.15, 0.2) is 0 Å². The van der Waals surface area contributed by atoms with Crippen molar-refractivity contribution >= 4 is 6.08 Å². The first-order chi connectivity index (χ1) is 4.43. The number of nitrogens with zero attached hydrogens (tertiary/aromatic N) is 1. The summed E-state index contributed by atoms with van der Waals surface area (Å²) in [5, 5.41) is 3.20. The molecule has 0 spiro atoms. The SMILES string of the molecule is O=C=NNC1C=CC=C1. The van der Waals surface area contributed by atoms with Gasteiger partial charge in [-0.3, -0.25) is 5.43 Å². The minimum atomic E-state index is 0.0754. The predicted molar refractivity (Wildman–Crippen MR) is 33.3 cm³/mol. The van der Waals surface area contributed by atoms with Gasteiger partial charge in [-0.25, -0.2) is 4.79 Å². The molecule has 0 fully saturated rings. The van der Waals surface area contributed by atoms with Gasteiger partial charge in [0.25, 0.3) is 6.08 Å². The van der Waals surface area contributed by atoms with Gasteiger partial charge in [-0.2, -0.15) is 0 Å². The van der Waals surface area contributed by atoms with E-state index >= 15 is 0 Å². The summed E-state index contributed by atoms with van der Waals surface area (Å²) in [5.41, 5.74) is 2.56. The summed E-state index contributed by atoms with van der Waals surface area (Å²) in [6.45, 7) is 0. The third-order valence-electron chi connectivity index (χ3n) is 1.01. The molecule has 0 aliphatic heterocycles. The molecule has 46 valence electrons. The maximum atomic E-state index is 9.56. The molecule has 0 atom stereocenters. The van der Waals surface area contributed by atoms with Crippen molar-refractivity contribution in [3.63, 3.8) is 0 Å². The summed E-state index contributed by atoms with van der Waals surface area (Å²) in [7, 11) is 0. The molecule has 0 unspecified atom stereocenters. The molecule has 1 aliphatic carbocycles. The fraction of sp³-hybridized carbons (Fsp3) is 0.167. The molecule has 3 nitrogen and oxygen atoms in total. The Morgan fingerprint density at radius 2 is 2.11 bits per heavy atom. The first kappa shape index (κ1) is 5.79. The topological polar surface area (TPSA) is 41.5 Å². The summed E-state index contributed by atoms with van der Waals surface area (Å²) in [6.07, 6.45) is 8.94. The van der Waals surface area contributed by atoms with E-state index in [0.717, 1.165) is 0 Å². The number of hydrazone groups is 1. The molecule has 1 N–H and O–H groups in total. The molecule has 0 saturated heterocycles. The Bertz CT molecular complexity index is 177. The predicted octanol–water partition coefficient (Wildman–Crippen LogP) is 0.321. The third-order valence-corrected chi connectivity index (χ3v) is 1.01. The van der Waals surface area contributed by atoms with Crippen LogP contribution in [0.15, 0.2) is 29.4 Å². The molecule has 0 heterocycles. The number of allylic oxidation sites excluding steroid dienone is 2. The highest BCUT2D eigenvalue weighted by molar-refractivity contribution is 5.32. The van der Waals surface area contributed by atoms with Gasteiger partial charge >= 0.3 is 0 Å². The van der Waals surface area contributed by atoms with Crippen molar-refractivity contribution in [2.45, 2.75) is 6.04 Å². The fourth-order valence-corrected chi connectivity index (χ4v) is 0.619. The zero-order valence-electron chi connectivity index (χ0n) is 4.74. The second-order valence-corrected chi connectivity index (χ2v) is 1.63. The fourth-order valence-electron chi connectivity index (χ4n) is 0.619. The van der Waals surface area contributed by atoms with E-state index in [2.05, 4.69) is 10.5 Å². The van der Waals surface area contributed by atoms with Gasteiger partial charge in [-0.1, -0.05) is 29.4 Å². The van der Waals surface area contributed by atoms with E-state index in [-0.39, 0.29) is 6.04 Å². The number of hydrogen-bond donors (Lipinski definition) is 1. The standard InChI is InChI=1S/C6H6N2O/c9-5-7-8-6-3-1-2-4-6/h1-4,6,8H. The van der Waals surface area contributed by atoms with Crippen molar-refractivity contribution in [3.05, 3.63) is 24.3 Å². The lowest BCUT2D eigenvalue weighted by atomic mass is 10.4. The van der Waals surface area contributed by atoms with Crippen LogP contribution in [0.25, 0.3) is 0 Å². The molecule has 0 amide bonds. The van der Waals surface area contributed by atoms with Gasteiger partial charge < -0.3 is 0 Å². The number of carbonyl (C=O) groups excluding carboxylic acids is 1. The molecular formula is C6H6N2O. The maximum Gasteiger partial charge on any atom is 0.258 e. The van der Waals surface area contributed by atoms with Gasteiger partial charge in [0.05, 0.1) is 6.04 Å². The second kappa shape index (κ2) is 2.84. The number of rotatable bonds is 2. The Morgan fingerprint density at radius 1 is 1.44 bits per heavy atom. The van der Waals surface area contributed by atoms with Crippen molar-refractivity contribution in [1.29, 1.82) is 0 Å². The lowest BCUT2D eigenvalue weighted by Gasteiger charge is -1.98. The first-order valence-electron chi connectivity index (χ1n) is 2.61. The quantitative estimate of drug-likeness (QED) is 0.325. The van der Waals surface area contributed by atoms with Crippen LogP contribution in [0.2, 0.25) is 0 Å². The Balaban J connectivity index is 2.37. The Labute approximate surface area is 52.8 Å². The molecule has 0 aromatic carbocycles. The molecule has 1 rings (SSSR count). The van der Waals surface area contributed by atoms with Crippen LogP contribution < -0.4 is 5.43 Å². The van der Waals surface area contributed by atoms with Gasteiger partial charge in [0.2, 0.25) is 0 Å². The van der Waals surface area contributed by atoms with E-state index in [1.54, 1.807) is 0 Å². The summed E-state index contributed by atoms with van der Waals surface area (Å²) < 4.78 is 0. The Hall–Kier alpha value is -1.34. The van der Waals surface area contributed by atoms with E-state index in [1.807, 2.05) is 24.3 Å². The highest BCUT2D eigenvalue weighted by atomic mass is 16.1. The molecule has 0 bridgehead atoms. The van der Waals surface area contributed by atoms with E-state index in [1.165, 1.54) is 6.08 Å². The minimum absolute atomic E-state index is 0.0754. The average molecular weight is 122 g/mol. The van der Waals surface area contributed by atoms with Crippen molar-refractivity contribution in [2.75, 3.05) is 0 Å². The third kappa shape index (κ3) is 1.55. The number of isocyanates is 1. The number of nitrogens with one attached hydrogen (secondary N) is 1. The lowest BCUT2D eigenvalue weighted by Crippen LogP contribution is -2.16. The van der Waals surface area contributed by atoms with Gasteiger partial charge in [0.1, 0.15) is 0 Å². The van der Waals surface area contributed by atoms with Crippen LogP contribution in [0.4, 0.5) is 0 Å². The van der Waals surface area contributed by atoms with E-state index < -0.39 is 0 Å². The molecule has 0 aromatic rings. The zero-order chi connectivity index (χ0) is 6.53. The van der Waals surface area contributed by atoms with Crippen LogP contribution in [-0.4, -0.2) is 12.1 Å². The van der Waals surface area contributed by atoms with Gasteiger partial charge in [-0.15, -0.1) is 0 Å². The van der Waals surface area contributed by atoms with Crippen molar-refractivity contribution in [2.24, 2.45) is 5.10 Å². The van der Waals surface area contributed by atoms with E-state index in [4.69, 9.17) is 0 Å². The lowest BCUT2D eigenvalue weighted by molar-refractivity contribution is 0.556. The minimum Gasteiger partial charge on any atom is -0.288 e. The van der Waals surface area contributed by atoms with Crippen molar-refractivity contribution in [1.82, 2.24) is 5.43 Å². The van der Waals surface area contributed by atoms with E-state index in [0.29, 0.717) is 0 Å². The van der Waals surface area contributed by atoms with Crippen LogP contribution in [-0.2, 0) is 4.79 Å². The summed E-state index contributed by atoms with van der Waals surface area (Å²) >= 11 is 0. The highest BCUT2D eigenvalue weighted by Gasteiger charge is 1.97. The average Bonchev–Trinajstić information content (AvgIpc) is 2.34. The Morgan fingerprint density at radius 3 is 2.67 bits per heavy atom. The molecule has 1 aliphatic rings. The Kier molecular flexibility index (Phi) is 1.83. The monoisotopic (exact) mass is 122 g/mol. The molecular weight excluding hydrogens is 116 g/mol. The first-order valence-corrected chi connectivity index (χ1v) is 2.61. The molecule has 0 saturated carbocycles. The van der Waals surface area contributed by atoms with Crippen LogP contribution in [0.1, 0.15) is 0 Å². The van der Waals surface area contributed by atoms with E-state index in [9.17, 15) is 4.79 Å². The smallest absolute Gasteiger partial charge is 0.258 e. The molecule has 0 aromatic heterocycles. The summed E-state index contributed by atoms with van der Waals surface area (Å²) in [5.74, 6) is 0. The molecule has 0 radical (unpaired) electrons.